The predicted molar refractivity (Wildman–Crippen MR) is 50.8 cm³/mol. The number of aliphatic hydroxyl groups excluding tert-OH is 1. The zero-order chi connectivity index (χ0) is 13.4. The largest absolute Gasteiger partial charge is 0.499 e. The molecule has 1 aromatic rings. The summed E-state index contributed by atoms with van der Waals surface area (Å²) in [6, 6.07) is 1.71. The lowest BCUT2D eigenvalue weighted by atomic mass is 10.0. The van der Waals surface area contributed by atoms with Crippen molar-refractivity contribution in [1.82, 2.24) is 0 Å². The summed E-state index contributed by atoms with van der Waals surface area (Å²) in [5, 5.41) is 7.59. The summed E-state index contributed by atoms with van der Waals surface area (Å²) < 4.78 is 74.8. The number of thiocarbonyl (C=S) groups is 1. The van der Waals surface area contributed by atoms with Gasteiger partial charge in [-0.3, -0.25) is 0 Å². The Morgan fingerprint density at radius 3 is 1.88 bits per heavy atom. The minimum atomic E-state index is -5.26. The molecule has 0 aliphatic heterocycles. The third-order valence-corrected chi connectivity index (χ3v) is 2.10. The zero-order valence-electron chi connectivity index (χ0n) is 7.86. The first-order valence-electron chi connectivity index (χ1n) is 4.06. The summed E-state index contributed by atoms with van der Waals surface area (Å²) in [5.41, 5.74) is -4.90. The van der Waals surface area contributed by atoms with Gasteiger partial charge in [0.25, 0.3) is 0 Å². The number of alkyl halides is 6. The molecule has 94 valence electrons. The van der Waals surface area contributed by atoms with Gasteiger partial charge in [-0.1, -0.05) is 6.07 Å². The van der Waals surface area contributed by atoms with Crippen molar-refractivity contribution in [3.05, 3.63) is 34.9 Å². The number of aliphatic hydroxyl groups is 1. The van der Waals surface area contributed by atoms with Gasteiger partial charge in [0, 0.05) is 5.56 Å². The fourth-order valence-corrected chi connectivity index (χ4v) is 1.44. The van der Waals surface area contributed by atoms with Gasteiger partial charge in [0.2, 0.25) is 0 Å². The first-order chi connectivity index (χ1) is 7.55. The summed E-state index contributed by atoms with van der Waals surface area (Å²) in [6.07, 6.45) is -10.4. The smallest absolute Gasteiger partial charge is 0.417 e. The Morgan fingerprint density at radius 1 is 1.00 bits per heavy atom. The molecule has 0 fully saturated rings. The molecule has 1 rings (SSSR count). The summed E-state index contributed by atoms with van der Waals surface area (Å²) in [5.74, 6) is 0. The van der Waals surface area contributed by atoms with Crippen LogP contribution in [0.15, 0.2) is 18.2 Å². The standard InChI is InChI=1S/C9H4F6OS/c10-8(11,12)5-3-1-2-4(7(16)17)6(5)9(13,14)15/h1-3H,(H,16,17). The van der Waals surface area contributed by atoms with Gasteiger partial charge in [0.15, 0.2) is 5.05 Å². The van der Waals surface area contributed by atoms with Crippen LogP contribution in [0.4, 0.5) is 26.3 Å². The molecule has 0 amide bonds. The van der Waals surface area contributed by atoms with Crippen molar-refractivity contribution in [1.29, 1.82) is 0 Å². The van der Waals surface area contributed by atoms with E-state index >= 15 is 0 Å². The van der Waals surface area contributed by atoms with Crippen LogP contribution in [0.2, 0.25) is 0 Å². The van der Waals surface area contributed by atoms with E-state index in [-0.39, 0.29) is 6.07 Å². The zero-order valence-corrected chi connectivity index (χ0v) is 8.67. The molecule has 0 aromatic heterocycles. The highest BCUT2D eigenvalue weighted by Gasteiger charge is 2.45. The van der Waals surface area contributed by atoms with E-state index in [1.165, 1.54) is 0 Å². The second-order valence-corrected chi connectivity index (χ2v) is 3.42. The molecule has 17 heavy (non-hydrogen) atoms. The molecule has 0 bridgehead atoms. The fraction of sp³-hybridized carbons (Fsp3) is 0.222. The highest BCUT2D eigenvalue weighted by atomic mass is 32.1. The Morgan fingerprint density at radius 2 is 1.53 bits per heavy atom. The van der Waals surface area contributed by atoms with Crippen molar-refractivity contribution in [2.45, 2.75) is 12.4 Å². The molecule has 0 aliphatic rings. The lowest BCUT2D eigenvalue weighted by molar-refractivity contribution is -0.162. The van der Waals surface area contributed by atoms with E-state index < -0.39 is 34.1 Å². The van der Waals surface area contributed by atoms with Crippen LogP contribution in [-0.2, 0) is 12.4 Å². The second-order valence-electron chi connectivity index (χ2n) is 3.03. The molecule has 0 atom stereocenters. The first kappa shape index (κ1) is 13.8. The molecule has 0 saturated carbocycles. The van der Waals surface area contributed by atoms with Gasteiger partial charge in [0.1, 0.15) is 0 Å². The summed E-state index contributed by atoms with van der Waals surface area (Å²) in [7, 11) is 0. The SMILES string of the molecule is OC(=S)c1cccc(C(F)(F)F)c1C(F)(F)F. The molecule has 1 aromatic carbocycles. The van der Waals surface area contributed by atoms with Gasteiger partial charge in [-0.2, -0.15) is 26.3 Å². The van der Waals surface area contributed by atoms with Crippen molar-refractivity contribution in [3.8, 4) is 0 Å². The quantitative estimate of drug-likeness (QED) is 0.618. The number of hydrogen-bond acceptors (Lipinski definition) is 1. The Hall–Kier alpha value is -1.31. The summed E-state index contributed by atoms with van der Waals surface area (Å²) in [4.78, 5) is 0. The first-order valence-corrected chi connectivity index (χ1v) is 4.46. The van der Waals surface area contributed by atoms with Crippen molar-refractivity contribution in [2.75, 3.05) is 0 Å². The van der Waals surface area contributed by atoms with E-state index in [0.29, 0.717) is 6.07 Å². The molecular weight excluding hydrogens is 270 g/mol. The monoisotopic (exact) mass is 274 g/mol. The highest BCUT2D eigenvalue weighted by Crippen LogP contribution is 2.41. The molecule has 0 spiro atoms. The molecule has 1 nitrogen and oxygen atoms in total. The number of rotatable bonds is 1. The maximum absolute atomic E-state index is 12.5. The topological polar surface area (TPSA) is 20.2 Å². The lowest BCUT2D eigenvalue weighted by Crippen LogP contribution is -2.20. The van der Waals surface area contributed by atoms with Crippen LogP contribution in [0.25, 0.3) is 0 Å². The van der Waals surface area contributed by atoms with Crippen LogP contribution in [0.3, 0.4) is 0 Å². The van der Waals surface area contributed by atoms with E-state index in [1.807, 2.05) is 0 Å². The van der Waals surface area contributed by atoms with Crippen LogP contribution in [-0.4, -0.2) is 10.2 Å². The predicted octanol–water partition coefficient (Wildman–Crippen LogP) is 3.96. The maximum Gasteiger partial charge on any atom is 0.417 e. The molecule has 0 unspecified atom stereocenters. The van der Waals surface area contributed by atoms with Gasteiger partial charge >= 0.3 is 12.4 Å². The van der Waals surface area contributed by atoms with Gasteiger partial charge < -0.3 is 5.11 Å². The van der Waals surface area contributed by atoms with Gasteiger partial charge in [-0.25, -0.2) is 0 Å². The molecule has 0 aliphatic carbocycles. The Labute approximate surface area is 96.7 Å². The van der Waals surface area contributed by atoms with Crippen molar-refractivity contribution >= 4 is 17.3 Å². The third-order valence-electron chi connectivity index (χ3n) is 1.88. The van der Waals surface area contributed by atoms with Gasteiger partial charge in [-0.15, -0.1) is 0 Å². The van der Waals surface area contributed by atoms with E-state index in [4.69, 9.17) is 5.11 Å². The van der Waals surface area contributed by atoms with Gasteiger partial charge in [0.05, 0.1) is 11.1 Å². The minimum absolute atomic E-state index is 0.282. The normalized spacial score (nSPS) is 12.6. The van der Waals surface area contributed by atoms with Crippen molar-refractivity contribution in [2.24, 2.45) is 0 Å². The molecular formula is C9H4F6OS. The fourth-order valence-electron chi connectivity index (χ4n) is 1.27. The minimum Gasteiger partial charge on any atom is -0.499 e. The molecule has 0 saturated heterocycles. The second kappa shape index (κ2) is 4.17. The average Bonchev–Trinajstić information content (AvgIpc) is 2.13. The van der Waals surface area contributed by atoms with Crippen LogP contribution in [0.5, 0.6) is 0 Å². The van der Waals surface area contributed by atoms with E-state index in [9.17, 15) is 26.3 Å². The summed E-state index contributed by atoms with van der Waals surface area (Å²) >= 11 is 4.09. The van der Waals surface area contributed by atoms with Gasteiger partial charge in [-0.05, 0) is 24.4 Å². The van der Waals surface area contributed by atoms with Crippen LogP contribution in [0.1, 0.15) is 16.7 Å². The van der Waals surface area contributed by atoms with E-state index in [0.717, 1.165) is 6.07 Å². The number of benzene rings is 1. The van der Waals surface area contributed by atoms with Crippen LogP contribution >= 0.6 is 12.2 Å². The average molecular weight is 274 g/mol. The molecule has 8 heteroatoms. The maximum atomic E-state index is 12.5. The van der Waals surface area contributed by atoms with E-state index in [2.05, 4.69) is 12.2 Å². The molecule has 1 N–H and O–H groups in total. The molecule has 0 heterocycles. The van der Waals surface area contributed by atoms with Crippen LogP contribution < -0.4 is 0 Å². The summed E-state index contributed by atoms with van der Waals surface area (Å²) in [6.45, 7) is 0. The van der Waals surface area contributed by atoms with Crippen LogP contribution in [0, 0.1) is 0 Å². The highest BCUT2D eigenvalue weighted by molar-refractivity contribution is 7.80. The lowest BCUT2D eigenvalue weighted by Gasteiger charge is -2.17. The van der Waals surface area contributed by atoms with Crippen molar-refractivity contribution in [3.63, 3.8) is 0 Å². The Bertz CT molecular complexity index is 448. The number of halogens is 6. The Balaban J connectivity index is 3.64. The molecule has 0 radical (unpaired) electrons. The Kier molecular flexibility index (Phi) is 3.37. The van der Waals surface area contributed by atoms with E-state index in [1.54, 1.807) is 0 Å². The number of hydrogen-bond donors (Lipinski definition) is 1. The third kappa shape index (κ3) is 2.87. The van der Waals surface area contributed by atoms with Crippen molar-refractivity contribution < 1.29 is 31.4 Å².